The van der Waals surface area contributed by atoms with Gasteiger partial charge in [-0.25, -0.2) is 9.34 Å². The van der Waals surface area contributed by atoms with Gasteiger partial charge < -0.3 is 4.52 Å². The van der Waals surface area contributed by atoms with E-state index in [1.165, 1.54) is 27.5 Å². The van der Waals surface area contributed by atoms with Crippen LogP contribution in [-0.4, -0.2) is 23.4 Å². The second kappa shape index (κ2) is 9.13. The standard InChI is InChI=1S/C28H29N2OPS/c1-21(25-20-12-18-22-13-10-11-19-26(22)25)31-32(33)29(2)27(23-14-6-4-7-15-23)28(30(32)3)24-16-8-5-9-17-24/h4-21,27-28H,1-3H3/t21-,27-,28-/m1/s1. The average Bonchev–Trinajstić information content (AvgIpc) is 3.05. The maximum Gasteiger partial charge on any atom is 0.204 e. The Hall–Kier alpha value is -2.33. The van der Waals surface area contributed by atoms with Crippen LogP contribution >= 0.6 is 6.57 Å². The van der Waals surface area contributed by atoms with Crippen molar-refractivity contribution in [1.82, 2.24) is 9.34 Å². The van der Waals surface area contributed by atoms with Crippen LogP contribution in [0.2, 0.25) is 0 Å². The highest BCUT2D eigenvalue weighted by atomic mass is 32.5. The van der Waals surface area contributed by atoms with Gasteiger partial charge in [-0.1, -0.05) is 103 Å². The fourth-order valence-corrected chi connectivity index (χ4v) is 8.47. The molecule has 5 heteroatoms. The number of rotatable bonds is 5. The lowest BCUT2D eigenvalue weighted by Gasteiger charge is -2.33. The maximum absolute atomic E-state index is 6.90. The first-order valence-electron chi connectivity index (χ1n) is 11.3. The molecule has 0 unspecified atom stereocenters. The molecular formula is C28H29N2OPS. The number of fused-ring (bicyclic) bond motifs is 1. The van der Waals surface area contributed by atoms with Crippen molar-refractivity contribution < 1.29 is 4.52 Å². The molecule has 0 amide bonds. The van der Waals surface area contributed by atoms with Crippen LogP contribution < -0.4 is 0 Å². The Morgan fingerprint density at radius 3 is 1.76 bits per heavy atom. The van der Waals surface area contributed by atoms with Crippen LogP contribution in [0.15, 0.2) is 103 Å². The van der Waals surface area contributed by atoms with Gasteiger partial charge in [0.1, 0.15) is 0 Å². The molecule has 3 nitrogen and oxygen atoms in total. The van der Waals surface area contributed by atoms with E-state index in [2.05, 4.69) is 133 Å². The van der Waals surface area contributed by atoms with E-state index in [1.807, 2.05) is 0 Å². The molecule has 5 rings (SSSR count). The van der Waals surface area contributed by atoms with E-state index in [-0.39, 0.29) is 18.2 Å². The minimum absolute atomic E-state index is 0.115. The normalized spacial score (nSPS) is 21.9. The predicted octanol–water partition coefficient (Wildman–Crippen LogP) is 7.50. The molecule has 0 spiro atoms. The van der Waals surface area contributed by atoms with E-state index in [0.29, 0.717) is 0 Å². The monoisotopic (exact) mass is 472 g/mol. The Balaban J connectivity index is 1.56. The van der Waals surface area contributed by atoms with Crippen molar-refractivity contribution >= 4 is 29.1 Å². The largest absolute Gasteiger partial charge is 0.319 e. The summed E-state index contributed by atoms with van der Waals surface area (Å²) in [6.45, 7) is -0.365. The Morgan fingerprint density at radius 2 is 1.18 bits per heavy atom. The Morgan fingerprint density at radius 1 is 0.697 bits per heavy atom. The number of hydrogen-bond acceptors (Lipinski definition) is 2. The van der Waals surface area contributed by atoms with Gasteiger partial charge in [0.25, 0.3) is 0 Å². The number of benzene rings is 4. The molecule has 0 aliphatic carbocycles. The van der Waals surface area contributed by atoms with E-state index < -0.39 is 6.57 Å². The van der Waals surface area contributed by atoms with Crippen molar-refractivity contribution in [1.29, 1.82) is 0 Å². The molecule has 1 heterocycles. The van der Waals surface area contributed by atoms with Crippen LogP contribution in [-0.2, 0) is 16.3 Å². The summed E-state index contributed by atoms with van der Waals surface area (Å²) in [5, 5.41) is 2.44. The number of likely N-dealkylation sites (N-methyl/N-ethyl adjacent to an activating group) is 2. The Labute approximate surface area is 201 Å². The topological polar surface area (TPSA) is 15.7 Å². The fraction of sp³-hybridized carbons (Fsp3) is 0.214. The highest BCUT2D eigenvalue weighted by Crippen LogP contribution is 2.70. The highest BCUT2D eigenvalue weighted by Gasteiger charge is 2.51. The van der Waals surface area contributed by atoms with Gasteiger partial charge in [-0.15, -0.1) is 0 Å². The summed E-state index contributed by atoms with van der Waals surface area (Å²) in [6, 6.07) is 36.5. The van der Waals surface area contributed by atoms with Crippen LogP contribution in [0.1, 0.15) is 41.8 Å². The second-order valence-corrected chi connectivity index (χ2v) is 12.5. The minimum Gasteiger partial charge on any atom is -0.319 e. The van der Waals surface area contributed by atoms with E-state index in [1.54, 1.807) is 0 Å². The lowest BCUT2D eigenvalue weighted by Crippen LogP contribution is -2.20. The molecule has 4 aromatic carbocycles. The number of hydrogen-bond donors (Lipinski definition) is 0. The summed E-state index contributed by atoms with van der Waals surface area (Å²) in [6.07, 6.45) is -0.127. The summed E-state index contributed by atoms with van der Waals surface area (Å²) in [4.78, 5) is 0. The summed E-state index contributed by atoms with van der Waals surface area (Å²) < 4.78 is 11.5. The smallest absolute Gasteiger partial charge is 0.204 e. The zero-order valence-electron chi connectivity index (χ0n) is 19.2. The molecule has 0 N–H and O–H groups in total. The van der Waals surface area contributed by atoms with Gasteiger partial charge in [0.15, 0.2) is 0 Å². The zero-order chi connectivity index (χ0) is 23.0. The average molecular weight is 473 g/mol. The van der Waals surface area contributed by atoms with E-state index in [9.17, 15) is 0 Å². The van der Waals surface area contributed by atoms with Crippen LogP contribution in [0.3, 0.4) is 0 Å². The van der Waals surface area contributed by atoms with Crippen molar-refractivity contribution in [2.24, 2.45) is 0 Å². The Kier molecular flexibility index (Phi) is 6.22. The van der Waals surface area contributed by atoms with Crippen LogP contribution in [0.25, 0.3) is 10.8 Å². The number of nitrogens with zero attached hydrogens (tertiary/aromatic N) is 2. The minimum atomic E-state index is -2.49. The van der Waals surface area contributed by atoms with Gasteiger partial charge >= 0.3 is 0 Å². The third kappa shape index (κ3) is 3.97. The molecular weight excluding hydrogens is 443 g/mol. The molecule has 3 atom stereocenters. The van der Waals surface area contributed by atoms with Crippen molar-refractivity contribution in [3.63, 3.8) is 0 Å². The van der Waals surface area contributed by atoms with Gasteiger partial charge in [0.2, 0.25) is 6.57 Å². The van der Waals surface area contributed by atoms with Crippen molar-refractivity contribution in [2.75, 3.05) is 14.1 Å². The quantitative estimate of drug-likeness (QED) is 0.279. The zero-order valence-corrected chi connectivity index (χ0v) is 20.9. The highest BCUT2D eigenvalue weighted by molar-refractivity contribution is 8.10. The van der Waals surface area contributed by atoms with Crippen LogP contribution in [0, 0.1) is 0 Å². The summed E-state index contributed by atoms with van der Waals surface area (Å²) in [5.74, 6) is 0. The SMILES string of the molecule is C[C@@H](OP1(=S)N(C)[C@H](c2ccccc2)[C@@H](c2ccccc2)N1C)c1cccc2ccccc12. The molecule has 1 aliphatic rings. The first-order valence-corrected chi connectivity index (χ1v) is 14.0. The molecule has 0 saturated carbocycles. The molecule has 0 bridgehead atoms. The van der Waals surface area contributed by atoms with Gasteiger partial charge in [0, 0.05) is 0 Å². The Bertz CT molecular complexity index is 1240. The first kappa shape index (κ1) is 22.5. The first-order chi connectivity index (χ1) is 16.0. The van der Waals surface area contributed by atoms with Crippen LogP contribution in [0.4, 0.5) is 0 Å². The van der Waals surface area contributed by atoms with Crippen LogP contribution in [0.5, 0.6) is 0 Å². The van der Waals surface area contributed by atoms with Gasteiger partial charge in [0.05, 0.1) is 18.2 Å². The maximum atomic E-state index is 6.90. The molecule has 1 saturated heterocycles. The molecule has 1 fully saturated rings. The third-order valence-electron chi connectivity index (χ3n) is 6.74. The van der Waals surface area contributed by atoms with E-state index >= 15 is 0 Å². The molecule has 33 heavy (non-hydrogen) atoms. The van der Waals surface area contributed by atoms with Gasteiger partial charge in [-0.2, -0.15) is 0 Å². The molecule has 4 aromatic rings. The van der Waals surface area contributed by atoms with Crippen molar-refractivity contribution in [3.05, 3.63) is 120 Å². The van der Waals surface area contributed by atoms with E-state index in [0.717, 1.165) is 0 Å². The van der Waals surface area contributed by atoms with Gasteiger partial charge in [-0.05, 0) is 60.3 Å². The summed E-state index contributed by atoms with van der Waals surface area (Å²) in [5.41, 5.74) is 3.70. The lowest BCUT2D eigenvalue weighted by molar-refractivity contribution is 0.223. The molecule has 0 aromatic heterocycles. The van der Waals surface area contributed by atoms with Gasteiger partial charge in [-0.3, -0.25) is 0 Å². The van der Waals surface area contributed by atoms with E-state index in [4.69, 9.17) is 16.3 Å². The van der Waals surface area contributed by atoms with Crippen molar-refractivity contribution in [3.8, 4) is 0 Å². The summed E-state index contributed by atoms with van der Waals surface area (Å²) in [7, 11) is 4.27. The lowest BCUT2D eigenvalue weighted by atomic mass is 9.93. The molecule has 168 valence electrons. The van der Waals surface area contributed by atoms with Crippen molar-refractivity contribution in [2.45, 2.75) is 25.1 Å². The second-order valence-electron chi connectivity index (χ2n) is 8.66. The summed E-state index contributed by atoms with van der Waals surface area (Å²) >= 11 is 6.41. The third-order valence-corrected chi connectivity index (χ3v) is 11.2. The molecule has 0 radical (unpaired) electrons. The predicted molar refractivity (Wildman–Crippen MR) is 142 cm³/mol. The fourth-order valence-electron chi connectivity index (χ4n) is 5.06. The molecule has 1 aliphatic heterocycles.